The van der Waals surface area contributed by atoms with Gasteiger partial charge in [-0.1, -0.05) is 18.5 Å². The molecule has 0 aliphatic carbocycles. The quantitative estimate of drug-likeness (QED) is 0.829. The molecule has 4 nitrogen and oxygen atoms in total. The molecule has 0 aromatic carbocycles. The molecule has 0 spiro atoms. The normalized spacial score (nSPS) is 13.6. The van der Waals surface area contributed by atoms with Crippen molar-refractivity contribution in [3.8, 4) is 0 Å². The van der Waals surface area contributed by atoms with E-state index in [-0.39, 0.29) is 6.04 Å². The molecule has 18 heavy (non-hydrogen) atoms. The summed E-state index contributed by atoms with van der Waals surface area (Å²) in [5.74, 6) is 0. The summed E-state index contributed by atoms with van der Waals surface area (Å²) in [6, 6.07) is 0.540. The second kappa shape index (κ2) is 7.12. The van der Waals surface area contributed by atoms with Crippen molar-refractivity contribution in [3.63, 3.8) is 0 Å². The highest BCUT2D eigenvalue weighted by Crippen LogP contribution is 2.25. The van der Waals surface area contributed by atoms with Crippen molar-refractivity contribution >= 4 is 11.6 Å². The van der Waals surface area contributed by atoms with Crippen LogP contribution in [0.2, 0.25) is 5.02 Å². The van der Waals surface area contributed by atoms with E-state index in [4.69, 9.17) is 11.6 Å². The van der Waals surface area contributed by atoms with Crippen molar-refractivity contribution in [1.82, 2.24) is 20.0 Å². The Labute approximate surface area is 115 Å². The van der Waals surface area contributed by atoms with Crippen LogP contribution < -0.4 is 5.32 Å². The summed E-state index contributed by atoms with van der Waals surface area (Å²) in [5, 5.41) is 8.68. The zero-order chi connectivity index (χ0) is 13.7. The van der Waals surface area contributed by atoms with Crippen molar-refractivity contribution in [2.75, 3.05) is 27.2 Å². The molecule has 1 rings (SSSR count). The van der Waals surface area contributed by atoms with E-state index in [1.165, 1.54) is 0 Å². The second-order valence-electron chi connectivity index (χ2n) is 5.19. The standard InChI is InChI=1S/C13H25ClN4/c1-6-7-15-12(9-17(4)5)13-11(14)8-16-18(13)10(2)3/h8,10,12,15H,6-7,9H2,1-5H3. The topological polar surface area (TPSA) is 33.1 Å². The van der Waals surface area contributed by atoms with Crippen molar-refractivity contribution in [3.05, 3.63) is 16.9 Å². The van der Waals surface area contributed by atoms with Gasteiger partial charge in [-0.3, -0.25) is 4.68 Å². The van der Waals surface area contributed by atoms with E-state index < -0.39 is 0 Å². The molecule has 0 radical (unpaired) electrons. The largest absolute Gasteiger partial charge is 0.308 e. The summed E-state index contributed by atoms with van der Waals surface area (Å²) >= 11 is 6.30. The summed E-state index contributed by atoms with van der Waals surface area (Å²) in [5.41, 5.74) is 1.09. The van der Waals surface area contributed by atoms with Gasteiger partial charge in [0, 0.05) is 12.6 Å². The lowest BCUT2D eigenvalue weighted by molar-refractivity contribution is 0.325. The van der Waals surface area contributed by atoms with Crippen LogP contribution in [0.15, 0.2) is 6.20 Å². The van der Waals surface area contributed by atoms with E-state index in [1.54, 1.807) is 6.20 Å². The lowest BCUT2D eigenvalue weighted by Crippen LogP contribution is -2.33. The molecule has 0 aliphatic rings. The minimum Gasteiger partial charge on any atom is -0.308 e. The summed E-state index contributed by atoms with van der Waals surface area (Å²) in [4.78, 5) is 2.17. The molecule has 0 amide bonds. The maximum atomic E-state index is 6.30. The molecule has 1 atom stereocenters. The van der Waals surface area contributed by atoms with Crippen LogP contribution in [0.3, 0.4) is 0 Å². The third kappa shape index (κ3) is 3.97. The van der Waals surface area contributed by atoms with Crippen molar-refractivity contribution in [2.24, 2.45) is 0 Å². The van der Waals surface area contributed by atoms with Crippen LogP contribution in [-0.2, 0) is 0 Å². The molecule has 0 aliphatic heterocycles. The van der Waals surface area contributed by atoms with Gasteiger partial charge in [-0.25, -0.2) is 0 Å². The molecule has 0 fully saturated rings. The zero-order valence-corrected chi connectivity index (χ0v) is 12.8. The Balaban J connectivity index is 2.99. The Morgan fingerprint density at radius 1 is 1.44 bits per heavy atom. The summed E-state index contributed by atoms with van der Waals surface area (Å²) in [6.07, 6.45) is 2.85. The van der Waals surface area contributed by atoms with Crippen LogP contribution in [0, 0.1) is 0 Å². The van der Waals surface area contributed by atoms with Gasteiger partial charge in [-0.05, 0) is 40.9 Å². The smallest absolute Gasteiger partial charge is 0.0834 e. The molecule has 5 heteroatoms. The minimum atomic E-state index is 0.220. The molecule has 1 unspecified atom stereocenters. The Morgan fingerprint density at radius 3 is 2.61 bits per heavy atom. The van der Waals surface area contributed by atoms with Crippen LogP contribution >= 0.6 is 11.6 Å². The van der Waals surface area contributed by atoms with E-state index in [0.717, 1.165) is 30.2 Å². The molecule has 0 saturated heterocycles. The van der Waals surface area contributed by atoms with Crippen LogP contribution in [0.4, 0.5) is 0 Å². The summed E-state index contributed by atoms with van der Waals surface area (Å²) < 4.78 is 2.01. The van der Waals surface area contributed by atoms with E-state index in [1.807, 2.05) is 4.68 Å². The van der Waals surface area contributed by atoms with Crippen LogP contribution in [-0.4, -0.2) is 41.9 Å². The van der Waals surface area contributed by atoms with Gasteiger partial charge in [-0.2, -0.15) is 5.10 Å². The molecule has 1 aromatic rings. The predicted molar refractivity (Wildman–Crippen MR) is 77.2 cm³/mol. The number of likely N-dealkylation sites (N-methyl/N-ethyl adjacent to an activating group) is 1. The fraction of sp³-hybridized carbons (Fsp3) is 0.769. The average Bonchev–Trinajstić information content (AvgIpc) is 2.66. The molecular weight excluding hydrogens is 248 g/mol. The first kappa shape index (κ1) is 15.5. The molecule has 0 bridgehead atoms. The summed E-state index contributed by atoms with van der Waals surface area (Å²) in [7, 11) is 4.15. The molecule has 1 aromatic heterocycles. The van der Waals surface area contributed by atoms with Gasteiger partial charge in [0.2, 0.25) is 0 Å². The summed E-state index contributed by atoms with van der Waals surface area (Å²) in [6.45, 7) is 8.32. The SMILES string of the molecule is CCCNC(CN(C)C)c1c(Cl)cnn1C(C)C. The van der Waals surface area contributed by atoms with Crippen molar-refractivity contribution in [1.29, 1.82) is 0 Å². The number of nitrogens with one attached hydrogen (secondary N) is 1. The van der Waals surface area contributed by atoms with E-state index in [0.29, 0.717) is 6.04 Å². The number of hydrogen-bond acceptors (Lipinski definition) is 3. The maximum absolute atomic E-state index is 6.30. The third-order valence-corrected chi connectivity index (χ3v) is 3.09. The number of aromatic nitrogens is 2. The fourth-order valence-electron chi connectivity index (χ4n) is 2.02. The predicted octanol–water partition coefficient (Wildman–Crippen LogP) is 2.72. The average molecular weight is 273 g/mol. The molecule has 1 heterocycles. The maximum Gasteiger partial charge on any atom is 0.0834 e. The molecule has 104 valence electrons. The zero-order valence-electron chi connectivity index (χ0n) is 12.1. The van der Waals surface area contributed by atoms with E-state index in [9.17, 15) is 0 Å². The van der Waals surface area contributed by atoms with Gasteiger partial charge in [0.15, 0.2) is 0 Å². The highest BCUT2D eigenvalue weighted by Gasteiger charge is 2.21. The Bertz CT molecular complexity index is 360. The van der Waals surface area contributed by atoms with Gasteiger partial charge < -0.3 is 10.2 Å². The Morgan fingerprint density at radius 2 is 2.11 bits per heavy atom. The van der Waals surface area contributed by atoms with Crippen LogP contribution in [0.1, 0.15) is 45.0 Å². The van der Waals surface area contributed by atoms with Gasteiger partial charge in [-0.15, -0.1) is 0 Å². The number of rotatable bonds is 7. The fourth-order valence-corrected chi connectivity index (χ4v) is 2.28. The van der Waals surface area contributed by atoms with E-state index in [2.05, 4.69) is 50.2 Å². The van der Waals surface area contributed by atoms with Gasteiger partial charge in [0.25, 0.3) is 0 Å². The third-order valence-electron chi connectivity index (χ3n) is 2.79. The van der Waals surface area contributed by atoms with Crippen molar-refractivity contribution in [2.45, 2.75) is 39.3 Å². The Kier molecular flexibility index (Phi) is 6.12. The van der Waals surface area contributed by atoms with Crippen LogP contribution in [0.5, 0.6) is 0 Å². The lowest BCUT2D eigenvalue weighted by atomic mass is 10.1. The second-order valence-corrected chi connectivity index (χ2v) is 5.59. The first-order chi connectivity index (χ1) is 8.47. The molecular formula is C13H25ClN4. The molecule has 0 saturated carbocycles. The number of hydrogen-bond donors (Lipinski definition) is 1. The first-order valence-electron chi connectivity index (χ1n) is 6.58. The molecule has 1 N–H and O–H groups in total. The highest BCUT2D eigenvalue weighted by atomic mass is 35.5. The van der Waals surface area contributed by atoms with Crippen molar-refractivity contribution < 1.29 is 0 Å². The van der Waals surface area contributed by atoms with Gasteiger partial charge in [0.05, 0.1) is 23.0 Å². The first-order valence-corrected chi connectivity index (χ1v) is 6.96. The lowest BCUT2D eigenvalue weighted by Gasteiger charge is -2.25. The monoisotopic (exact) mass is 272 g/mol. The Hall–Kier alpha value is -0.580. The van der Waals surface area contributed by atoms with Gasteiger partial charge >= 0.3 is 0 Å². The van der Waals surface area contributed by atoms with Crippen LogP contribution in [0.25, 0.3) is 0 Å². The number of halogens is 1. The highest BCUT2D eigenvalue weighted by molar-refractivity contribution is 6.31. The van der Waals surface area contributed by atoms with E-state index >= 15 is 0 Å². The minimum absolute atomic E-state index is 0.220. The number of nitrogens with zero attached hydrogens (tertiary/aromatic N) is 3. The van der Waals surface area contributed by atoms with Gasteiger partial charge in [0.1, 0.15) is 0 Å².